The fourth-order valence-electron chi connectivity index (χ4n) is 0.660. The van der Waals surface area contributed by atoms with Gasteiger partial charge in [-0.2, -0.15) is 0 Å². The van der Waals surface area contributed by atoms with Gasteiger partial charge in [0.25, 0.3) is 0 Å². The van der Waals surface area contributed by atoms with Crippen molar-refractivity contribution in [3.63, 3.8) is 0 Å². The standard InChI is InChI=1S/C10H12I/c1-9(2)8-11-10-6-4-3-5-7-10/h3-8H,1-2H3/q+1. The van der Waals surface area contributed by atoms with Gasteiger partial charge in [0.15, 0.2) is 7.65 Å². The van der Waals surface area contributed by atoms with Gasteiger partial charge in [-0.25, -0.2) is 0 Å². The molecule has 1 heteroatoms. The van der Waals surface area contributed by atoms with Crippen LogP contribution in [0.5, 0.6) is 0 Å². The topological polar surface area (TPSA) is 0 Å². The van der Waals surface area contributed by atoms with Crippen LogP contribution < -0.4 is 21.2 Å². The van der Waals surface area contributed by atoms with E-state index in [1.807, 2.05) is 0 Å². The van der Waals surface area contributed by atoms with Crippen molar-refractivity contribution in [3.8, 4) is 0 Å². The normalized spacial score (nSPS) is 9.27. The Morgan fingerprint density at radius 3 is 2.36 bits per heavy atom. The largest absolute Gasteiger partial charge is 0.349 e. The third-order valence-corrected chi connectivity index (χ3v) is 4.13. The van der Waals surface area contributed by atoms with Gasteiger partial charge in [-0.3, -0.25) is 0 Å². The molecule has 0 nitrogen and oxygen atoms in total. The monoisotopic (exact) mass is 259 g/mol. The second kappa shape index (κ2) is 4.54. The molecule has 1 aromatic rings. The average Bonchev–Trinajstić information content (AvgIpc) is 2.03. The summed E-state index contributed by atoms with van der Waals surface area (Å²) in [4.78, 5) is 0. The molecule has 11 heavy (non-hydrogen) atoms. The first-order valence-corrected chi connectivity index (χ1v) is 5.93. The van der Waals surface area contributed by atoms with Gasteiger partial charge in [0.1, 0.15) is 0 Å². The highest BCUT2D eigenvalue weighted by Crippen LogP contribution is 1.83. The number of allylic oxidation sites excluding steroid dienone is 1. The minimum atomic E-state index is 0.124. The van der Waals surface area contributed by atoms with E-state index in [0.717, 1.165) is 0 Å². The Morgan fingerprint density at radius 1 is 1.18 bits per heavy atom. The molecule has 0 amide bonds. The fraction of sp³-hybridized carbons (Fsp3) is 0.200. The number of halogens is 1. The maximum atomic E-state index is 2.36. The molecule has 1 rings (SSSR count). The zero-order valence-electron chi connectivity index (χ0n) is 6.84. The lowest BCUT2D eigenvalue weighted by atomic mass is 10.4. The van der Waals surface area contributed by atoms with Gasteiger partial charge < -0.3 is 0 Å². The van der Waals surface area contributed by atoms with E-state index in [2.05, 4.69) is 48.3 Å². The van der Waals surface area contributed by atoms with Crippen LogP contribution in [0.4, 0.5) is 0 Å². The maximum Gasteiger partial charge on any atom is 0.349 e. The predicted octanol–water partition coefficient (Wildman–Crippen LogP) is -0.131. The highest BCUT2D eigenvalue weighted by molar-refractivity contribution is 4.99. The summed E-state index contributed by atoms with van der Waals surface area (Å²) in [5, 5.41) is 0. The number of rotatable bonds is 2. The molecule has 0 unspecified atom stereocenters. The Hall–Kier alpha value is -0.310. The molecule has 0 atom stereocenters. The summed E-state index contributed by atoms with van der Waals surface area (Å²) in [6.45, 7) is 4.31. The summed E-state index contributed by atoms with van der Waals surface area (Å²) in [6.07, 6.45) is 0. The van der Waals surface area contributed by atoms with Crippen molar-refractivity contribution in [3.05, 3.63) is 43.6 Å². The van der Waals surface area contributed by atoms with Gasteiger partial charge in [-0.15, -0.1) is 0 Å². The molecule has 0 bridgehead atoms. The molecule has 0 N–H and O–H groups in total. The van der Waals surface area contributed by atoms with Gasteiger partial charge in [0.2, 0.25) is 0 Å². The van der Waals surface area contributed by atoms with Crippen molar-refractivity contribution in [1.82, 2.24) is 0 Å². The summed E-state index contributed by atoms with van der Waals surface area (Å²) in [5.41, 5.74) is 1.43. The molecule has 0 saturated heterocycles. The van der Waals surface area contributed by atoms with Gasteiger partial charge >= 0.3 is 21.2 Å². The first-order valence-electron chi connectivity index (χ1n) is 3.61. The Labute approximate surface area is 78.6 Å². The van der Waals surface area contributed by atoms with E-state index < -0.39 is 0 Å². The van der Waals surface area contributed by atoms with E-state index in [9.17, 15) is 0 Å². The molecule has 0 saturated carbocycles. The summed E-state index contributed by atoms with van der Waals surface area (Å²) < 4.78 is 3.85. The van der Waals surface area contributed by atoms with Crippen LogP contribution in [0, 0.1) is 3.57 Å². The average molecular weight is 259 g/mol. The summed E-state index contributed by atoms with van der Waals surface area (Å²) >= 11 is 0.124. The molecule has 0 fully saturated rings. The van der Waals surface area contributed by atoms with Crippen LogP contribution in [0.15, 0.2) is 40.0 Å². The first kappa shape index (κ1) is 8.78. The number of benzene rings is 1. The predicted molar refractivity (Wildman–Crippen MR) is 44.6 cm³/mol. The van der Waals surface area contributed by atoms with Gasteiger partial charge in [-0.1, -0.05) is 18.2 Å². The van der Waals surface area contributed by atoms with Crippen molar-refractivity contribution in [1.29, 1.82) is 0 Å². The molecular formula is C10H12I+. The second-order valence-electron chi connectivity index (χ2n) is 2.59. The van der Waals surface area contributed by atoms with E-state index in [-0.39, 0.29) is 21.2 Å². The molecule has 0 aliphatic rings. The minimum absolute atomic E-state index is 0.124. The molecule has 0 aromatic heterocycles. The van der Waals surface area contributed by atoms with Crippen LogP contribution >= 0.6 is 0 Å². The van der Waals surface area contributed by atoms with Crippen molar-refractivity contribution in [2.75, 3.05) is 0 Å². The molecule has 1 aromatic carbocycles. The SMILES string of the molecule is CC(C)=C[I+]c1ccccc1. The van der Waals surface area contributed by atoms with E-state index in [0.29, 0.717) is 0 Å². The molecule has 0 radical (unpaired) electrons. The quantitative estimate of drug-likeness (QED) is 0.649. The van der Waals surface area contributed by atoms with Crippen molar-refractivity contribution in [2.24, 2.45) is 0 Å². The van der Waals surface area contributed by atoms with Crippen molar-refractivity contribution in [2.45, 2.75) is 13.8 Å². The first-order chi connectivity index (χ1) is 5.29. The fourth-order valence-corrected chi connectivity index (χ4v) is 2.47. The maximum absolute atomic E-state index is 2.36. The van der Waals surface area contributed by atoms with Gasteiger partial charge in [0, 0.05) is 0 Å². The van der Waals surface area contributed by atoms with Crippen LogP contribution in [-0.2, 0) is 0 Å². The smallest absolute Gasteiger partial charge is 0.0619 e. The lowest BCUT2D eigenvalue weighted by Crippen LogP contribution is -3.59. The Morgan fingerprint density at radius 2 is 1.82 bits per heavy atom. The highest BCUT2D eigenvalue weighted by atomic mass is 127. The Bertz CT molecular complexity index is 232. The molecule has 0 spiro atoms. The van der Waals surface area contributed by atoms with Crippen LogP contribution in [0.1, 0.15) is 13.8 Å². The molecule has 0 aliphatic heterocycles. The zero-order valence-corrected chi connectivity index (χ0v) is 9.00. The Kier molecular flexibility index (Phi) is 3.63. The second-order valence-corrected chi connectivity index (χ2v) is 5.08. The Balaban J connectivity index is 2.59. The van der Waals surface area contributed by atoms with Crippen molar-refractivity contribution < 1.29 is 21.2 Å². The van der Waals surface area contributed by atoms with Crippen molar-refractivity contribution >= 4 is 0 Å². The van der Waals surface area contributed by atoms with Crippen LogP contribution in [0.2, 0.25) is 0 Å². The van der Waals surface area contributed by atoms with Gasteiger partial charge in [0.05, 0.1) is 0 Å². The zero-order chi connectivity index (χ0) is 8.10. The lowest BCUT2D eigenvalue weighted by molar-refractivity contribution is -0.557. The molecule has 0 aliphatic carbocycles. The highest BCUT2D eigenvalue weighted by Gasteiger charge is 2.04. The van der Waals surface area contributed by atoms with Crippen LogP contribution in [0.3, 0.4) is 0 Å². The number of hydrogen-bond acceptors (Lipinski definition) is 0. The summed E-state index contributed by atoms with van der Waals surface area (Å²) in [7, 11) is 0. The third kappa shape index (κ3) is 3.56. The summed E-state index contributed by atoms with van der Waals surface area (Å²) in [5.74, 6) is 0. The lowest BCUT2D eigenvalue weighted by Gasteiger charge is -1.80. The molecule has 58 valence electrons. The minimum Gasteiger partial charge on any atom is -0.0619 e. The number of hydrogen-bond donors (Lipinski definition) is 0. The van der Waals surface area contributed by atoms with Crippen LogP contribution in [0.25, 0.3) is 0 Å². The van der Waals surface area contributed by atoms with E-state index in [1.54, 1.807) is 0 Å². The van der Waals surface area contributed by atoms with Gasteiger partial charge in [-0.05, 0) is 31.6 Å². The van der Waals surface area contributed by atoms with E-state index in [4.69, 9.17) is 0 Å². The molecular weight excluding hydrogens is 247 g/mol. The van der Waals surface area contributed by atoms with E-state index >= 15 is 0 Å². The third-order valence-electron chi connectivity index (χ3n) is 1.13. The molecule has 0 heterocycles. The summed E-state index contributed by atoms with van der Waals surface area (Å²) in [6, 6.07) is 10.7. The van der Waals surface area contributed by atoms with Crippen LogP contribution in [-0.4, -0.2) is 0 Å². The van der Waals surface area contributed by atoms with E-state index in [1.165, 1.54) is 9.14 Å².